The molecular formula is C32H30N2O3. The lowest BCUT2D eigenvalue weighted by Gasteiger charge is -2.19. The fourth-order valence-electron chi connectivity index (χ4n) is 4.09. The number of aryl methyl sites for hydroxylation is 1. The Morgan fingerprint density at radius 2 is 1.54 bits per heavy atom. The molecule has 4 aromatic carbocycles. The third-order valence-corrected chi connectivity index (χ3v) is 6.15. The molecule has 186 valence electrons. The number of nitrogens with one attached hydrogen (secondary N) is 1. The predicted octanol–water partition coefficient (Wildman–Crippen LogP) is 7.60. The van der Waals surface area contributed by atoms with Crippen LogP contribution in [0.5, 0.6) is 0 Å². The van der Waals surface area contributed by atoms with Crippen LogP contribution in [0.1, 0.15) is 30.0 Å². The topological polar surface area (TPSA) is 69.6 Å². The van der Waals surface area contributed by atoms with Crippen molar-refractivity contribution in [3.05, 3.63) is 120 Å². The number of carbonyl (C=O) groups is 2. The molecule has 0 unspecified atom stereocenters. The van der Waals surface area contributed by atoms with Crippen LogP contribution in [0.3, 0.4) is 0 Å². The van der Waals surface area contributed by atoms with Gasteiger partial charge in [0, 0.05) is 18.4 Å². The van der Waals surface area contributed by atoms with Crippen LogP contribution in [0.2, 0.25) is 0 Å². The maximum absolute atomic E-state index is 12.9. The molecule has 0 heterocycles. The molecule has 5 nitrogen and oxygen atoms in total. The Kier molecular flexibility index (Phi) is 8.16. The molecule has 0 aliphatic heterocycles. The molecule has 0 atom stereocenters. The zero-order valence-corrected chi connectivity index (χ0v) is 21.0. The molecule has 0 saturated carbocycles. The second kappa shape index (κ2) is 11.9. The summed E-state index contributed by atoms with van der Waals surface area (Å²) < 4.78 is 0. The molecule has 0 aromatic heterocycles. The molecule has 37 heavy (non-hydrogen) atoms. The summed E-state index contributed by atoms with van der Waals surface area (Å²) >= 11 is 0. The van der Waals surface area contributed by atoms with Gasteiger partial charge in [0.1, 0.15) is 0 Å². The third-order valence-electron chi connectivity index (χ3n) is 6.15. The van der Waals surface area contributed by atoms with Gasteiger partial charge in [-0.1, -0.05) is 92.2 Å². The van der Waals surface area contributed by atoms with Crippen molar-refractivity contribution in [2.24, 2.45) is 0 Å². The Morgan fingerprint density at radius 1 is 0.838 bits per heavy atom. The smallest absolute Gasteiger partial charge is 0.336 e. The van der Waals surface area contributed by atoms with Gasteiger partial charge in [0.2, 0.25) is 0 Å². The number of benzene rings is 4. The summed E-state index contributed by atoms with van der Waals surface area (Å²) in [6.07, 6.45) is 3.78. The van der Waals surface area contributed by atoms with E-state index in [0.29, 0.717) is 5.56 Å². The first-order valence-electron chi connectivity index (χ1n) is 12.3. The average molecular weight is 491 g/mol. The SMILES string of the molecule is CCCc1ccc(NC(=O)N(C)c2cccc(-c3ccc(/C=C(\C(=O)O)c4ccccc4)cc3)c2)cc1. The van der Waals surface area contributed by atoms with Gasteiger partial charge in [0.25, 0.3) is 0 Å². The molecule has 4 rings (SSSR count). The number of rotatable bonds is 8. The highest BCUT2D eigenvalue weighted by molar-refractivity contribution is 6.20. The summed E-state index contributed by atoms with van der Waals surface area (Å²) in [4.78, 5) is 26.2. The molecule has 0 fully saturated rings. The predicted molar refractivity (Wildman–Crippen MR) is 152 cm³/mol. The van der Waals surface area contributed by atoms with Gasteiger partial charge in [-0.3, -0.25) is 4.90 Å². The third kappa shape index (κ3) is 6.53. The standard InChI is InChI=1S/C32H30N2O3/c1-3-8-23-15-19-28(20-16-23)33-32(37)34(2)29-12-7-11-27(22-29)25-17-13-24(14-18-25)21-30(31(35)36)26-9-5-4-6-10-26/h4-7,9-22H,3,8H2,1-2H3,(H,33,37)(H,35,36)/b30-21-. The van der Waals surface area contributed by atoms with Crippen LogP contribution in [-0.2, 0) is 11.2 Å². The number of carboxylic acids is 1. The lowest BCUT2D eigenvalue weighted by Crippen LogP contribution is -2.31. The van der Waals surface area contributed by atoms with Crippen LogP contribution >= 0.6 is 0 Å². The molecule has 0 saturated heterocycles. The zero-order chi connectivity index (χ0) is 26.2. The van der Waals surface area contributed by atoms with Gasteiger partial charge in [-0.15, -0.1) is 0 Å². The first-order chi connectivity index (χ1) is 17.9. The highest BCUT2D eigenvalue weighted by Crippen LogP contribution is 2.26. The van der Waals surface area contributed by atoms with E-state index in [4.69, 9.17) is 0 Å². The number of carboxylic acid groups (broad SMARTS) is 1. The van der Waals surface area contributed by atoms with Crippen LogP contribution in [0.15, 0.2) is 103 Å². The highest BCUT2D eigenvalue weighted by Gasteiger charge is 2.13. The number of aliphatic carboxylic acids is 1. The van der Waals surface area contributed by atoms with Crippen molar-refractivity contribution >= 4 is 35.0 Å². The first kappa shape index (κ1) is 25.5. The fourth-order valence-corrected chi connectivity index (χ4v) is 4.09. The second-order valence-corrected chi connectivity index (χ2v) is 8.84. The monoisotopic (exact) mass is 490 g/mol. The van der Waals surface area contributed by atoms with Crippen molar-refractivity contribution in [2.75, 3.05) is 17.3 Å². The molecule has 2 N–H and O–H groups in total. The van der Waals surface area contributed by atoms with E-state index in [0.717, 1.165) is 40.9 Å². The molecule has 0 bridgehead atoms. The molecule has 0 spiro atoms. The Morgan fingerprint density at radius 3 is 2.19 bits per heavy atom. The normalized spacial score (nSPS) is 11.1. The van der Waals surface area contributed by atoms with Crippen molar-refractivity contribution in [2.45, 2.75) is 19.8 Å². The summed E-state index contributed by atoms with van der Waals surface area (Å²) in [7, 11) is 1.74. The van der Waals surface area contributed by atoms with E-state index in [9.17, 15) is 14.7 Å². The summed E-state index contributed by atoms with van der Waals surface area (Å²) in [5.74, 6) is -0.971. The molecule has 0 radical (unpaired) electrons. The Hall–Kier alpha value is -4.64. The summed E-state index contributed by atoms with van der Waals surface area (Å²) in [6.45, 7) is 2.14. The van der Waals surface area contributed by atoms with E-state index in [1.807, 2.05) is 91.0 Å². The van der Waals surface area contributed by atoms with Crippen LogP contribution in [0.4, 0.5) is 16.2 Å². The largest absolute Gasteiger partial charge is 0.478 e. The second-order valence-electron chi connectivity index (χ2n) is 8.84. The maximum atomic E-state index is 12.9. The number of nitrogens with zero attached hydrogens (tertiary/aromatic N) is 1. The van der Waals surface area contributed by atoms with E-state index in [1.165, 1.54) is 5.56 Å². The lowest BCUT2D eigenvalue weighted by atomic mass is 10.00. The molecule has 4 aromatic rings. The van der Waals surface area contributed by atoms with E-state index >= 15 is 0 Å². The van der Waals surface area contributed by atoms with Gasteiger partial charge in [-0.2, -0.15) is 0 Å². The van der Waals surface area contributed by atoms with Gasteiger partial charge in [-0.25, -0.2) is 9.59 Å². The van der Waals surface area contributed by atoms with Crippen molar-refractivity contribution in [3.8, 4) is 11.1 Å². The van der Waals surface area contributed by atoms with Gasteiger partial charge >= 0.3 is 12.0 Å². The lowest BCUT2D eigenvalue weighted by molar-refractivity contribution is -0.130. The quantitative estimate of drug-likeness (QED) is 0.197. The number of hydrogen-bond donors (Lipinski definition) is 2. The molecule has 2 amide bonds. The summed E-state index contributed by atoms with van der Waals surface area (Å²) in [6, 6.07) is 32.2. The minimum absolute atomic E-state index is 0.219. The summed E-state index contributed by atoms with van der Waals surface area (Å²) in [5, 5.41) is 12.6. The van der Waals surface area contributed by atoms with Crippen LogP contribution < -0.4 is 10.2 Å². The van der Waals surface area contributed by atoms with Gasteiger partial charge in [0.15, 0.2) is 0 Å². The van der Waals surface area contributed by atoms with E-state index in [2.05, 4.69) is 12.2 Å². The minimum atomic E-state index is -0.971. The van der Waals surface area contributed by atoms with Crippen LogP contribution in [-0.4, -0.2) is 24.2 Å². The highest BCUT2D eigenvalue weighted by atomic mass is 16.4. The van der Waals surface area contributed by atoms with Gasteiger partial charge in [0.05, 0.1) is 5.57 Å². The van der Waals surface area contributed by atoms with E-state index in [1.54, 1.807) is 30.2 Å². The van der Waals surface area contributed by atoms with Crippen LogP contribution in [0, 0.1) is 0 Å². The molecule has 5 heteroatoms. The maximum Gasteiger partial charge on any atom is 0.336 e. The Labute approximate surface area is 217 Å². The molecule has 0 aliphatic rings. The molecular weight excluding hydrogens is 460 g/mol. The Balaban J connectivity index is 1.49. The number of amides is 2. The number of hydrogen-bond acceptors (Lipinski definition) is 2. The Bertz CT molecular complexity index is 1390. The molecule has 0 aliphatic carbocycles. The van der Waals surface area contributed by atoms with E-state index in [-0.39, 0.29) is 11.6 Å². The van der Waals surface area contributed by atoms with E-state index < -0.39 is 5.97 Å². The van der Waals surface area contributed by atoms with Crippen molar-refractivity contribution in [3.63, 3.8) is 0 Å². The number of anilines is 2. The fraction of sp³-hybridized carbons (Fsp3) is 0.125. The summed E-state index contributed by atoms with van der Waals surface area (Å²) in [5.41, 5.74) is 6.39. The zero-order valence-electron chi connectivity index (χ0n) is 21.0. The number of urea groups is 1. The van der Waals surface area contributed by atoms with Crippen molar-refractivity contribution < 1.29 is 14.7 Å². The van der Waals surface area contributed by atoms with Crippen molar-refractivity contribution in [1.82, 2.24) is 0 Å². The first-order valence-corrected chi connectivity index (χ1v) is 12.3. The van der Waals surface area contributed by atoms with Gasteiger partial charge in [-0.05, 0) is 64.6 Å². The van der Waals surface area contributed by atoms with Gasteiger partial charge < -0.3 is 10.4 Å². The van der Waals surface area contributed by atoms with Crippen molar-refractivity contribution in [1.29, 1.82) is 0 Å². The van der Waals surface area contributed by atoms with Crippen LogP contribution in [0.25, 0.3) is 22.8 Å². The minimum Gasteiger partial charge on any atom is -0.478 e. The number of carbonyl (C=O) groups excluding carboxylic acids is 1. The average Bonchev–Trinajstić information content (AvgIpc) is 2.93.